The van der Waals surface area contributed by atoms with Gasteiger partial charge in [0.05, 0.1) is 5.69 Å². The molecule has 2 bridgehead atoms. The van der Waals surface area contributed by atoms with Gasteiger partial charge in [0.25, 0.3) is 0 Å². The first-order valence-corrected chi connectivity index (χ1v) is 10.3. The van der Waals surface area contributed by atoms with Crippen molar-refractivity contribution in [3.63, 3.8) is 0 Å². The Balaban J connectivity index is 1.34. The molecule has 0 unspecified atom stereocenters. The van der Waals surface area contributed by atoms with E-state index >= 15 is 0 Å². The summed E-state index contributed by atoms with van der Waals surface area (Å²) in [4.78, 5) is 9.75. The molecule has 3 aliphatic heterocycles. The zero-order chi connectivity index (χ0) is 19.1. The molecule has 0 N–H and O–H groups in total. The molecule has 28 heavy (non-hydrogen) atoms. The molecular weight excluding hydrogens is 351 g/mol. The van der Waals surface area contributed by atoms with E-state index in [2.05, 4.69) is 44.6 Å². The number of rotatable bonds is 4. The number of aryl methyl sites for hydroxylation is 1. The lowest BCUT2D eigenvalue weighted by Crippen LogP contribution is -2.43. The van der Waals surface area contributed by atoms with Crippen molar-refractivity contribution in [1.29, 1.82) is 0 Å². The molecule has 0 aliphatic carbocycles. The van der Waals surface area contributed by atoms with Crippen LogP contribution in [0.1, 0.15) is 24.2 Å². The van der Waals surface area contributed by atoms with Crippen LogP contribution in [0.5, 0.6) is 0 Å². The molecule has 0 radical (unpaired) electrons. The van der Waals surface area contributed by atoms with Gasteiger partial charge in [-0.3, -0.25) is 14.8 Å². The van der Waals surface area contributed by atoms with Crippen LogP contribution in [0.25, 0.3) is 10.9 Å². The van der Waals surface area contributed by atoms with Crippen molar-refractivity contribution < 1.29 is 4.39 Å². The van der Waals surface area contributed by atoms with Crippen molar-refractivity contribution in [2.24, 2.45) is 13.0 Å². The Kier molecular flexibility index (Phi) is 4.65. The third-order valence-corrected chi connectivity index (χ3v) is 6.48. The van der Waals surface area contributed by atoms with Gasteiger partial charge in [-0.2, -0.15) is 0 Å². The average Bonchev–Trinajstić information content (AvgIpc) is 2.83. The second kappa shape index (κ2) is 7.30. The van der Waals surface area contributed by atoms with Gasteiger partial charge >= 0.3 is 0 Å². The minimum atomic E-state index is -0.163. The fourth-order valence-electron chi connectivity index (χ4n) is 5.06. The van der Waals surface area contributed by atoms with E-state index in [1.165, 1.54) is 18.5 Å². The molecule has 0 spiro atoms. The summed E-state index contributed by atoms with van der Waals surface area (Å²) in [7, 11) is 2.10. The van der Waals surface area contributed by atoms with E-state index < -0.39 is 0 Å². The molecule has 0 amide bonds. The Morgan fingerprint density at radius 1 is 1.04 bits per heavy atom. The second-order valence-corrected chi connectivity index (χ2v) is 8.44. The first kappa shape index (κ1) is 17.8. The minimum absolute atomic E-state index is 0.163. The maximum absolute atomic E-state index is 13.6. The Labute approximate surface area is 165 Å². The monoisotopic (exact) mass is 378 g/mol. The minimum Gasteiger partial charge on any atom is -0.346 e. The molecule has 3 aromatic rings. The molecule has 3 saturated heterocycles. The number of piperidine rings is 1. The molecule has 1 aromatic carbocycles. The number of hydrogen-bond donors (Lipinski definition) is 0. The Morgan fingerprint density at radius 2 is 1.96 bits per heavy atom. The molecule has 6 rings (SSSR count). The largest absolute Gasteiger partial charge is 0.346 e. The van der Waals surface area contributed by atoms with E-state index in [0.29, 0.717) is 6.04 Å². The summed E-state index contributed by atoms with van der Waals surface area (Å²) in [6.45, 7) is 5.29. The van der Waals surface area contributed by atoms with E-state index in [4.69, 9.17) is 0 Å². The van der Waals surface area contributed by atoms with Crippen LogP contribution in [-0.4, -0.2) is 45.0 Å². The van der Waals surface area contributed by atoms with E-state index in [1.807, 2.05) is 18.3 Å². The number of hydrogen-bond acceptors (Lipinski definition) is 3. The Hall–Kier alpha value is -2.24. The lowest BCUT2D eigenvalue weighted by molar-refractivity contribution is 0.120. The van der Waals surface area contributed by atoms with Crippen molar-refractivity contribution in [3.8, 4) is 0 Å². The predicted octanol–water partition coefficient (Wildman–Crippen LogP) is 3.81. The summed E-state index contributed by atoms with van der Waals surface area (Å²) in [5.41, 5.74) is 3.53. The highest BCUT2D eigenvalue weighted by Gasteiger charge is 2.35. The summed E-state index contributed by atoms with van der Waals surface area (Å²) in [6, 6.07) is 14.0. The van der Waals surface area contributed by atoms with Gasteiger partial charge in [0, 0.05) is 68.6 Å². The van der Waals surface area contributed by atoms with E-state index in [-0.39, 0.29) is 5.82 Å². The number of pyridine rings is 1. The molecule has 2 atom stereocenters. The molecule has 2 aromatic heterocycles. The Bertz CT molecular complexity index is 967. The van der Waals surface area contributed by atoms with Crippen LogP contribution in [0, 0.1) is 11.7 Å². The summed E-state index contributed by atoms with van der Waals surface area (Å²) in [5, 5.41) is 0.995. The first-order chi connectivity index (χ1) is 13.7. The van der Waals surface area contributed by atoms with E-state index in [1.54, 1.807) is 12.1 Å². The van der Waals surface area contributed by atoms with Crippen LogP contribution < -0.4 is 0 Å². The quantitative estimate of drug-likeness (QED) is 0.690. The maximum atomic E-state index is 13.6. The molecule has 0 saturated carbocycles. The van der Waals surface area contributed by atoms with Gasteiger partial charge in [-0.05, 0) is 55.2 Å². The zero-order valence-corrected chi connectivity index (χ0v) is 16.4. The van der Waals surface area contributed by atoms with Crippen molar-refractivity contribution in [2.45, 2.75) is 32.0 Å². The molecule has 3 fully saturated rings. The molecule has 3 aliphatic rings. The van der Waals surface area contributed by atoms with Crippen LogP contribution in [0.15, 0.2) is 48.7 Å². The third kappa shape index (κ3) is 3.45. The summed E-state index contributed by atoms with van der Waals surface area (Å²) >= 11 is 0. The average molecular weight is 378 g/mol. The van der Waals surface area contributed by atoms with Gasteiger partial charge in [0.2, 0.25) is 0 Å². The first-order valence-electron chi connectivity index (χ1n) is 10.3. The number of aromatic nitrogens is 2. The number of halogens is 1. The number of benzene rings is 1. The Morgan fingerprint density at radius 3 is 2.82 bits per heavy atom. The molecule has 5 heteroatoms. The summed E-state index contributed by atoms with van der Waals surface area (Å²) in [6.07, 6.45) is 4.47. The van der Waals surface area contributed by atoms with Gasteiger partial charge in [-0.1, -0.05) is 6.07 Å². The van der Waals surface area contributed by atoms with Gasteiger partial charge in [0.1, 0.15) is 5.82 Å². The van der Waals surface area contributed by atoms with Crippen molar-refractivity contribution in [1.82, 2.24) is 19.4 Å². The van der Waals surface area contributed by atoms with Crippen molar-refractivity contribution in [2.75, 3.05) is 19.6 Å². The smallest absolute Gasteiger partial charge is 0.123 e. The van der Waals surface area contributed by atoms with Crippen LogP contribution in [-0.2, 0) is 20.1 Å². The van der Waals surface area contributed by atoms with Gasteiger partial charge in [-0.15, -0.1) is 0 Å². The van der Waals surface area contributed by atoms with Crippen LogP contribution in [0.2, 0.25) is 0 Å². The number of fused-ring (bicyclic) bond motifs is 5. The molecular formula is C23H27FN4. The van der Waals surface area contributed by atoms with E-state index in [9.17, 15) is 4.39 Å². The lowest BCUT2D eigenvalue weighted by Gasteiger charge is -2.36. The highest BCUT2D eigenvalue weighted by molar-refractivity contribution is 5.81. The van der Waals surface area contributed by atoms with Crippen LogP contribution in [0.3, 0.4) is 0 Å². The summed E-state index contributed by atoms with van der Waals surface area (Å²) < 4.78 is 15.8. The van der Waals surface area contributed by atoms with Crippen LogP contribution >= 0.6 is 0 Å². The molecule has 4 nitrogen and oxygen atoms in total. The van der Waals surface area contributed by atoms with E-state index in [0.717, 1.165) is 55.2 Å². The molecule has 5 heterocycles. The standard InChI is InChI=1S/C23H27FN4/c1-26-22(11-18-10-19(24)6-8-23(18)26)16-28-13-17-5-7-21(28)15-27(12-17)14-20-4-2-3-9-25-20/h2-4,6,8-11,17,21H,5,7,12-16H2,1H3/t17-,21+/m1/s1. The maximum Gasteiger partial charge on any atom is 0.123 e. The molecule has 146 valence electrons. The van der Waals surface area contributed by atoms with Crippen molar-refractivity contribution in [3.05, 3.63) is 65.9 Å². The predicted molar refractivity (Wildman–Crippen MR) is 109 cm³/mol. The van der Waals surface area contributed by atoms with Crippen LogP contribution in [0.4, 0.5) is 4.39 Å². The third-order valence-electron chi connectivity index (χ3n) is 6.48. The highest BCUT2D eigenvalue weighted by atomic mass is 19.1. The highest BCUT2D eigenvalue weighted by Crippen LogP contribution is 2.31. The van der Waals surface area contributed by atoms with Gasteiger partial charge < -0.3 is 4.57 Å². The fraction of sp³-hybridized carbons (Fsp3) is 0.435. The second-order valence-electron chi connectivity index (χ2n) is 8.44. The van der Waals surface area contributed by atoms with Gasteiger partial charge in [0.15, 0.2) is 0 Å². The SMILES string of the molecule is Cn1c(CN2C[C@@H]3CC[C@H]2CN(Cc2ccccn2)C3)cc2cc(F)ccc21. The van der Waals surface area contributed by atoms with Gasteiger partial charge in [-0.25, -0.2) is 4.39 Å². The van der Waals surface area contributed by atoms with Crippen molar-refractivity contribution >= 4 is 10.9 Å². The normalized spacial score (nSPS) is 23.4. The fourth-order valence-corrected chi connectivity index (χ4v) is 5.06. The number of nitrogens with zero attached hydrogens (tertiary/aromatic N) is 4. The topological polar surface area (TPSA) is 24.3 Å². The zero-order valence-electron chi connectivity index (χ0n) is 16.4. The lowest BCUT2D eigenvalue weighted by atomic mass is 9.95. The summed E-state index contributed by atoms with van der Waals surface area (Å²) in [5.74, 6) is 0.554.